The maximum atomic E-state index is 12.5. The number of rotatable bonds is 10. The lowest BCUT2D eigenvalue weighted by atomic mass is 9.92. The fraction of sp³-hybridized carbons (Fsp3) is 0.346. The normalized spacial score (nSPS) is 14.0. The van der Waals surface area contributed by atoms with Gasteiger partial charge in [0.25, 0.3) is 5.91 Å². The standard InChI is InChI=1S/C26H29N3O4S/c30-24(31)15-22-17-34-26(28-22)29-25(32)21-9-6-19(7-10-21)16-27-23-4-2-1-3-20(23)8-5-18-11-13-33-14-12-18/h1-4,6-7,9-10,17-18,27H,5,8,11-16H2,(H,30,31)(H,28,29,32). The molecule has 0 unspecified atom stereocenters. The van der Waals surface area contributed by atoms with Gasteiger partial charge >= 0.3 is 5.97 Å². The van der Waals surface area contributed by atoms with Crippen LogP contribution in [0.15, 0.2) is 53.9 Å². The lowest BCUT2D eigenvalue weighted by molar-refractivity contribution is -0.136. The molecule has 0 bridgehead atoms. The second-order valence-electron chi connectivity index (χ2n) is 8.47. The highest BCUT2D eigenvalue weighted by Gasteiger charge is 2.15. The molecule has 0 saturated carbocycles. The second kappa shape index (κ2) is 11.8. The van der Waals surface area contributed by atoms with E-state index < -0.39 is 5.97 Å². The van der Waals surface area contributed by atoms with Crippen molar-refractivity contribution < 1.29 is 19.4 Å². The van der Waals surface area contributed by atoms with Gasteiger partial charge in [0.1, 0.15) is 0 Å². The first kappa shape index (κ1) is 23.9. The molecule has 2 heterocycles. The van der Waals surface area contributed by atoms with Crippen LogP contribution in [0.4, 0.5) is 10.8 Å². The second-order valence-corrected chi connectivity index (χ2v) is 9.33. The fourth-order valence-corrected chi connectivity index (χ4v) is 4.75. The van der Waals surface area contributed by atoms with Crippen molar-refractivity contribution in [1.29, 1.82) is 0 Å². The van der Waals surface area contributed by atoms with Crippen LogP contribution in [0, 0.1) is 5.92 Å². The van der Waals surface area contributed by atoms with E-state index in [2.05, 4.69) is 33.8 Å². The molecule has 0 atom stereocenters. The fourth-order valence-electron chi connectivity index (χ4n) is 4.05. The Labute approximate surface area is 203 Å². The number of para-hydroxylation sites is 1. The van der Waals surface area contributed by atoms with Crippen molar-refractivity contribution in [1.82, 2.24) is 4.98 Å². The van der Waals surface area contributed by atoms with Crippen LogP contribution >= 0.6 is 11.3 Å². The van der Waals surface area contributed by atoms with E-state index in [1.54, 1.807) is 17.5 Å². The summed E-state index contributed by atoms with van der Waals surface area (Å²) in [5.41, 5.74) is 4.51. The zero-order valence-corrected chi connectivity index (χ0v) is 19.8. The van der Waals surface area contributed by atoms with E-state index in [1.165, 1.54) is 23.3 Å². The Bertz CT molecular complexity index is 1110. The highest BCUT2D eigenvalue weighted by atomic mass is 32.1. The number of carboxylic acids is 1. The third-order valence-corrected chi connectivity index (χ3v) is 6.79. The quantitative estimate of drug-likeness (QED) is 0.379. The largest absolute Gasteiger partial charge is 0.481 e. The number of nitrogens with zero attached hydrogens (tertiary/aromatic N) is 1. The van der Waals surface area contributed by atoms with Gasteiger partial charge in [-0.05, 0) is 60.9 Å². The zero-order valence-electron chi connectivity index (χ0n) is 19.0. The van der Waals surface area contributed by atoms with E-state index in [9.17, 15) is 9.59 Å². The molecular weight excluding hydrogens is 450 g/mol. The third kappa shape index (κ3) is 6.88. The van der Waals surface area contributed by atoms with Crippen molar-refractivity contribution in [2.45, 2.75) is 38.6 Å². The van der Waals surface area contributed by atoms with Crippen LogP contribution in [0.3, 0.4) is 0 Å². The molecule has 7 nitrogen and oxygen atoms in total. The van der Waals surface area contributed by atoms with Crippen molar-refractivity contribution in [2.24, 2.45) is 5.92 Å². The van der Waals surface area contributed by atoms with Gasteiger partial charge in [0.2, 0.25) is 0 Å². The minimum absolute atomic E-state index is 0.160. The van der Waals surface area contributed by atoms with Crippen molar-refractivity contribution in [3.63, 3.8) is 0 Å². The topological polar surface area (TPSA) is 101 Å². The van der Waals surface area contributed by atoms with Crippen molar-refractivity contribution >= 4 is 34.0 Å². The zero-order chi connectivity index (χ0) is 23.8. The summed E-state index contributed by atoms with van der Waals surface area (Å²) in [5.74, 6) is -0.475. The van der Waals surface area contributed by atoms with Gasteiger partial charge in [-0.1, -0.05) is 30.3 Å². The molecule has 0 radical (unpaired) electrons. The number of ether oxygens (including phenoxy) is 1. The highest BCUT2D eigenvalue weighted by Crippen LogP contribution is 2.24. The Morgan fingerprint density at radius 3 is 2.62 bits per heavy atom. The Morgan fingerprint density at radius 1 is 1.09 bits per heavy atom. The summed E-state index contributed by atoms with van der Waals surface area (Å²) in [5, 5.41) is 17.1. The number of carbonyl (C=O) groups excluding carboxylic acids is 1. The minimum atomic E-state index is -0.950. The van der Waals surface area contributed by atoms with Crippen molar-refractivity contribution in [2.75, 3.05) is 23.8 Å². The number of hydrogen-bond acceptors (Lipinski definition) is 6. The van der Waals surface area contributed by atoms with Crippen LogP contribution in [0.1, 0.15) is 46.4 Å². The minimum Gasteiger partial charge on any atom is -0.481 e. The number of aromatic nitrogens is 1. The van der Waals surface area contributed by atoms with E-state index in [0.717, 1.165) is 49.6 Å². The Balaban J connectivity index is 1.29. The van der Waals surface area contributed by atoms with Crippen LogP contribution in [0.2, 0.25) is 0 Å². The molecule has 0 spiro atoms. The van der Waals surface area contributed by atoms with E-state index in [4.69, 9.17) is 9.84 Å². The number of benzene rings is 2. The van der Waals surface area contributed by atoms with E-state index >= 15 is 0 Å². The highest BCUT2D eigenvalue weighted by molar-refractivity contribution is 7.14. The van der Waals surface area contributed by atoms with Gasteiger partial charge in [-0.3, -0.25) is 14.9 Å². The van der Waals surface area contributed by atoms with Crippen molar-refractivity contribution in [3.05, 3.63) is 76.3 Å². The number of aliphatic carboxylic acids is 1. The van der Waals surface area contributed by atoms with Crippen LogP contribution in [-0.4, -0.2) is 35.2 Å². The van der Waals surface area contributed by atoms with Gasteiger partial charge < -0.3 is 15.2 Å². The molecule has 0 aliphatic carbocycles. The number of hydrogen-bond donors (Lipinski definition) is 3. The summed E-state index contributed by atoms with van der Waals surface area (Å²) in [6, 6.07) is 15.9. The van der Waals surface area contributed by atoms with Crippen LogP contribution in [0.5, 0.6) is 0 Å². The molecular formula is C26H29N3O4S. The monoisotopic (exact) mass is 479 g/mol. The number of carboxylic acid groups (broad SMARTS) is 1. The Kier molecular flexibility index (Phi) is 8.27. The van der Waals surface area contributed by atoms with Crippen molar-refractivity contribution in [3.8, 4) is 0 Å². The molecule has 178 valence electrons. The van der Waals surface area contributed by atoms with Gasteiger partial charge in [0, 0.05) is 36.4 Å². The summed E-state index contributed by atoms with van der Waals surface area (Å²) >= 11 is 1.22. The molecule has 3 N–H and O–H groups in total. The smallest absolute Gasteiger partial charge is 0.309 e. The number of thiazole rings is 1. The summed E-state index contributed by atoms with van der Waals surface area (Å²) in [6.45, 7) is 2.43. The number of nitrogens with one attached hydrogen (secondary N) is 2. The summed E-state index contributed by atoms with van der Waals surface area (Å²) < 4.78 is 5.47. The summed E-state index contributed by atoms with van der Waals surface area (Å²) in [4.78, 5) is 27.4. The molecule has 1 aliphatic heterocycles. The van der Waals surface area contributed by atoms with Gasteiger partial charge in [-0.15, -0.1) is 11.3 Å². The predicted molar refractivity (Wildman–Crippen MR) is 133 cm³/mol. The predicted octanol–water partition coefficient (Wildman–Crippen LogP) is 4.99. The summed E-state index contributed by atoms with van der Waals surface area (Å²) in [7, 11) is 0. The maximum Gasteiger partial charge on any atom is 0.309 e. The molecule has 1 amide bonds. The van der Waals surface area contributed by atoms with Gasteiger partial charge in [0.15, 0.2) is 5.13 Å². The lowest BCUT2D eigenvalue weighted by Gasteiger charge is -2.22. The average Bonchev–Trinajstić information content (AvgIpc) is 3.28. The van der Waals surface area contributed by atoms with Gasteiger partial charge in [-0.25, -0.2) is 4.98 Å². The molecule has 1 aromatic heterocycles. The lowest BCUT2D eigenvalue weighted by Crippen LogP contribution is -2.16. The molecule has 2 aromatic carbocycles. The van der Waals surface area contributed by atoms with Crippen LogP contribution in [-0.2, 0) is 28.9 Å². The van der Waals surface area contributed by atoms with E-state index in [1.807, 2.05) is 18.2 Å². The third-order valence-electron chi connectivity index (χ3n) is 5.98. The Hall–Kier alpha value is -3.23. The van der Waals surface area contributed by atoms with Gasteiger partial charge in [-0.2, -0.15) is 0 Å². The molecule has 1 fully saturated rings. The number of carbonyl (C=O) groups is 2. The first-order valence-electron chi connectivity index (χ1n) is 11.5. The van der Waals surface area contributed by atoms with Crippen LogP contribution < -0.4 is 10.6 Å². The summed E-state index contributed by atoms with van der Waals surface area (Å²) in [6.07, 6.45) is 4.39. The molecule has 8 heteroatoms. The average molecular weight is 480 g/mol. The van der Waals surface area contributed by atoms with Gasteiger partial charge in [0.05, 0.1) is 12.1 Å². The molecule has 1 aliphatic rings. The first-order chi connectivity index (χ1) is 16.6. The van der Waals surface area contributed by atoms with E-state index in [-0.39, 0.29) is 12.3 Å². The number of anilines is 2. The number of aryl methyl sites for hydroxylation is 1. The Morgan fingerprint density at radius 2 is 1.85 bits per heavy atom. The molecule has 1 saturated heterocycles. The number of amides is 1. The molecule has 4 rings (SSSR count). The molecule has 3 aromatic rings. The van der Waals surface area contributed by atoms with E-state index in [0.29, 0.717) is 22.9 Å². The first-order valence-corrected chi connectivity index (χ1v) is 12.4. The molecule has 34 heavy (non-hydrogen) atoms. The van der Waals surface area contributed by atoms with Crippen LogP contribution in [0.25, 0.3) is 0 Å². The maximum absolute atomic E-state index is 12.5. The SMILES string of the molecule is O=C(O)Cc1csc(NC(=O)c2ccc(CNc3ccccc3CCC3CCOCC3)cc2)n1.